The van der Waals surface area contributed by atoms with Gasteiger partial charge in [-0.2, -0.15) is 0 Å². The lowest BCUT2D eigenvalue weighted by atomic mass is 9.96. The van der Waals surface area contributed by atoms with Crippen molar-refractivity contribution in [2.75, 3.05) is 0 Å². The fourth-order valence-electron chi connectivity index (χ4n) is 2.08. The molecule has 2 aromatic rings. The standard InChI is InChI=1S/C14H17BrClFN2/c1-8(16)13-18-11-5-9(15)10(17)6-12(11)19(13)7-14(2,3)4/h5-6,8H,7H2,1-4H3. The van der Waals surface area contributed by atoms with Crippen molar-refractivity contribution in [3.8, 4) is 0 Å². The molecule has 0 radical (unpaired) electrons. The van der Waals surface area contributed by atoms with Crippen LogP contribution in [-0.4, -0.2) is 9.55 Å². The lowest BCUT2D eigenvalue weighted by molar-refractivity contribution is 0.343. The largest absolute Gasteiger partial charge is 0.326 e. The van der Waals surface area contributed by atoms with Gasteiger partial charge in [0.15, 0.2) is 0 Å². The highest BCUT2D eigenvalue weighted by atomic mass is 79.9. The fraction of sp³-hybridized carbons (Fsp3) is 0.500. The van der Waals surface area contributed by atoms with Gasteiger partial charge in [-0.3, -0.25) is 0 Å². The van der Waals surface area contributed by atoms with Gasteiger partial charge in [0.2, 0.25) is 0 Å². The minimum absolute atomic E-state index is 0.0672. The maximum atomic E-state index is 13.8. The SMILES string of the molecule is CC(Cl)c1nc2cc(Br)c(F)cc2n1CC(C)(C)C. The minimum Gasteiger partial charge on any atom is -0.326 e. The lowest BCUT2D eigenvalue weighted by Crippen LogP contribution is -2.17. The van der Waals surface area contributed by atoms with Crippen LogP contribution >= 0.6 is 27.5 Å². The van der Waals surface area contributed by atoms with Gasteiger partial charge in [-0.05, 0) is 34.3 Å². The van der Waals surface area contributed by atoms with Crippen LogP contribution in [0, 0.1) is 11.2 Å². The first-order valence-corrected chi connectivity index (χ1v) is 7.41. The third-order valence-corrected chi connectivity index (χ3v) is 3.61. The third-order valence-electron chi connectivity index (χ3n) is 2.81. The van der Waals surface area contributed by atoms with Crippen molar-refractivity contribution in [2.45, 2.75) is 39.6 Å². The van der Waals surface area contributed by atoms with E-state index in [-0.39, 0.29) is 16.6 Å². The lowest BCUT2D eigenvalue weighted by Gasteiger charge is -2.21. The molecule has 1 heterocycles. The number of nitrogens with zero attached hydrogens (tertiary/aromatic N) is 2. The molecule has 1 aromatic heterocycles. The van der Waals surface area contributed by atoms with Crippen molar-refractivity contribution in [3.63, 3.8) is 0 Å². The molecule has 0 bridgehead atoms. The molecule has 2 rings (SSSR count). The van der Waals surface area contributed by atoms with Gasteiger partial charge < -0.3 is 4.57 Å². The average molecular weight is 348 g/mol. The molecule has 0 saturated carbocycles. The summed E-state index contributed by atoms with van der Waals surface area (Å²) in [6, 6.07) is 3.22. The van der Waals surface area contributed by atoms with E-state index in [1.165, 1.54) is 6.07 Å². The van der Waals surface area contributed by atoms with Crippen LogP contribution in [-0.2, 0) is 6.54 Å². The summed E-state index contributed by atoms with van der Waals surface area (Å²) in [7, 11) is 0. The van der Waals surface area contributed by atoms with Crippen LogP contribution in [0.4, 0.5) is 4.39 Å². The second-order valence-electron chi connectivity index (χ2n) is 5.99. The highest BCUT2D eigenvalue weighted by molar-refractivity contribution is 9.10. The second kappa shape index (κ2) is 5.06. The Hall–Kier alpha value is -0.610. The first kappa shape index (κ1) is 14.8. The summed E-state index contributed by atoms with van der Waals surface area (Å²) in [5.74, 6) is 0.500. The number of rotatable bonds is 2. The Bertz CT molecular complexity index is 614. The zero-order chi connectivity index (χ0) is 14.4. The fourth-order valence-corrected chi connectivity index (χ4v) is 2.58. The van der Waals surface area contributed by atoms with Gasteiger partial charge >= 0.3 is 0 Å². The third kappa shape index (κ3) is 3.11. The summed E-state index contributed by atoms with van der Waals surface area (Å²) in [6.45, 7) is 9.04. The molecular weight excluding hydrogens is 331 g/mol. The number of hydrogen-bond acceptors (Lipinski definition) is 1. The molecule has 2 nitrogen and oxygen atoms in total. The van der Waals surface area contributed by atoms with Crippen molar-refractivity contribution in [3.05, 3.63) is 28.2 Å². The summed E-state index contributed by atoms with van der Waals surface area (Å²) in [5, 5.41) is -0.211. The minimum atomic E-state index is -0.281. The molecule has 104 valence electrons. The predicted octanol–water partition coefficient (Wildman–Crippen LogP) is 5.28. The van der Waals surface area contributed by atoms with Gasteiger partial charge in [-0.15, -0.1) is 11.6 Å². The summed E-state index contributed by atoms with van der Waals surface area (Å²) < 4.78 is 16.2. The number of alkyl halides is 1. The van der Waals surface area contributed by atoms with Gasteiger partial charge in [0, 0.05) is 12.6 Å². The quantitative estimate of drug-likeness (QED) is 0.675. The molecule has 0 aliphatic heterocycles. The Morgan fingerprint density at radius 3 is 2.58 bits per heavy atom. The average Bonchev–Trinajstić information content (AvgIpc) is 2.56. The number of hydrogen-bond donors (Lipinski definition) is 0. The van der Waals surface area contributed by atoms with Crippen molar-refractivity contribution in [1.29, 1.82) is 0 Å². The molecule has 0 fully saturated rings. The molecule has 1 unspecified atom stereocenters. The van der Waals surface area contributed by atoms with E-state index in [4.69, 9.17) is 11.6 Å². The molecule has 1 atom stereocenters. The monoisotopic (exact) mass is 346 g/mol. The number of halogens is 3. The summed E-state index contributed by atoms with van der Waals surface area (Å²) in [5.41, 5.74) is 1.62. The molecule has 0 aliphatic carbocycles. The molecule has 1 aromatic carbocycles. The van der Waals surface area contributed by atoms with E-state index in [2.05, 4.69) is 41.7 Å². The van der Waals surface area contributed by atoms with Crippen LogP contribution in [0.3, 0.4) is 0 Å². The smallest absolute Gasteiger partial charge is 0.139 e. The van der Waals surface area contributed by atoms with E-state index in [1.807, 2.05) is 11.5 Å². The van der Waals surface area contributed by atoms with Crippen molar-refractivity contribution < 1.29 is 4.39 Å². The van der Waals surface area contributed by atoms with Gasteiger partial charge in [0.25, 0.3) is 0 Å². The number of aromatic nitrogens is 2. The Morgan fingerprint density at radius 1 is 1.42 bits per heavy atom. The second-order valence-corrected chi connectivity index (χ2v) is 7.50. The van der Waals surface area contributed by atoms with Gasteiger partial charge in [0.05, 0.1) is 20.9 Å². The van der Waals surface area contributed by atoms with Gasteiger partial charge in [-0.25, -0.2) is 9.37 Å². The predicted molar refractivity (Wildman–Crippen MR) is 81.1 cm³/mol. The normalized spacial score (nSPS) is 14.1. The van der Waals surface area contributed by atoms with Crippen molar-refractivity contribution >= 4 is 38.6 Å². The van der Waals surface area contributed by atoms with Gasteiger partial charge in [-0.1, -0.05) is 20.8 Å². The van der Waals surface area contributed by atoms with E-state index in [1.54, 1.807) is 6.07 Å². The highest BCUT2D eigenvalue weighted by Crippen LogP contribution is 2.30. The molecule has 19 heavy (non-hydrogen) atoms. The zero-order valence-corrected chi connectivity index (χ0v) is 13.8. The van der Waals surface area contributed by atoms with E-state index in [9.17, 15) is 4.39 Å². The van der Waals surface area contributed by atoms with Crippen LogP contribution < -0.4 is 0 Å². The first-order valence-electron chi connectivity index (χ1n) is 6.18. The van der Waals surface area contributed by atoms with Crippen LogP contribution in [0.25, 0.3) is 11.0 Å². The number of fused-ring (bicyclic) bond motifs is 1. The molecule has 0 saturated heterocycles. The molecule has 0 N–H and O–H groups in total. The van der Waals surface area contributed by atoms with E-state index < -0.39 is 0 Å². The number of imidazole rings is 1. The maximum Gasteiger partial charge on any atom is 0.139 e. The highest BCUT2D eigenvalue weighted by Gasteiger charge is 2.21. The van der Waals surface area contributed by atoms with Crippen LogP contribution in [0.15, 0.2) is 16.6 Å². The van der Waals surface area contributed by atoms with E-state index >= 15 is 0 Å². The molecule has 0 spiro atoms. The molecular formula is C14H17BrClFN2. The first-order chi connectivity index (χ1) is 8.69. The van der Waals surface area contributed by atoms with E-state index in [0.29, 0.717) is 4.47 Å². The zero-order valence-electron chi connectivity index (χ0n) is 11.5. The van der Waals surface area contributed by atoms with Crippen LogP contribution in [0.5, 0.6) is 0 Å². The number of benzene rings is 1. The Kier molecular flexibility index (Phi) is 3.94. The molecule has 5 heteroatoms. The summed E-state index contributed by atoms with van der Waals surface area (Å²) in [4.78, 5) is 4.53. The summed E-state index contributed by atoms with van der Waals surface area (Å²) in [6.07, 6.45) is 0. The molecule has 0 amide bonds. The Balaban J connectivity index is 2.69. The van der Waals surface area contributed by atoms with E-state index in [0.717, 1.165) is 23.4 Å². The van der Waals surface area contributed by atoms with Crippen molar-refractivity contribution in [1.82, 2.24) is 9.55 Å². The topological polar surface area (TPSA) is 17.8 Å². The Labute approximate surface area is 126 Å². The summed E-state index contributed by atoms with van der Waals surface area (Å²) >= 11 is 9.39. The Morgan fingerprint density at radius 2 is 2.05 bits per heavy atom. The van der Waals surface area contributed by atoms with Crippen molar-refractivity contribution in [2.24, 2.45) is 5.41 Å². The van der Waals surface area contributed by atoms with Crippen LogP contribution in [0.2, 0.25) is 0 Å². The van der Waals surface area contributed by atoms with Gasteiger partial charge in [0.1, 0.15) is 11.6 Å². The maximum absolute atomic E-state index is 13.8. The molecule has 0 aliphatic rings. The van der Waals surface area contributed by atoms with Crippen LogP contribution in [0.1, 0.15) is 38.9 Å².